The van der Waals surface area contributed by atoms with Crippen molar-refractivity contribution in [1.29, 1.82) is 0 Å². The lowest BCUT2D eigenvalue weighted by Crippen LogP contribution is -2.23. The number of carbonyl (C=O) groups excluding carboxylic acids is 1. The molecular formula is C13H16N4OS. The van der Waals surface area contributed by atoms with Crippen LogP contribution in [0.4, 0.5) is 5.69 Å². The number of anilines is 1. The van der Waals surface area contributed by atoms with Crippen LogP contribution in [-0.2, 0) is 6.54 Å². The number of pyridine rings is 1. The minimum Gasteiger partial charge on any atom is -0.384 e. The zero-order valence-corrected chi connectivity index (χ0v) is 11.5. The van der Waals surface area contributed by atoms with Gasteiger partial charge in [0, 0.05) is 17.6 Å². The second-order valence-electron chi connectivity index (χ2n) is 4.01. The lowest BCUT2D eigenvalue weighted by molar-refractivity contribution is 0.0946. The minimum atomic E-state index is -0.171. The van der Waals surface area contributed by atoms with Crippen LogP contribution < -0.4 is 10.6 Å². The average molecular weight is 276 g/mol. The predicted molar refractivity (Wildman–Crippen MR) is 76.3 cm³/mol. The molecule has 2 aromatic rings. The largest absolute Gasteiger partial charge is 0.384 e. The summed E-state index contributed by atoms with van der Waals surface area (Å²) in [7, 11) is 0. The topological polar surface area (TPSA) is 66.9 Å². The van der Waals surface area contributed by atoms with Crippen LogP contribution >= 0.6 is 11.3 Å². The second kappa shape index (κ2) is 6.84. The van der Waals surface area contributed by atoms with E-state index in [-0.39, 0.29) is 5.91 Å². The highest BCUT2D eigenvalue weighted by Gasteiger charge is 2.07. The molecule has 0 aliphatic heterocycles. The maximum absolute atomic E-state index is 11.9. The van der Waals surface area contributed by atoms with Gasteiger partial charge in [0.05, 0.1) is 23.9 Å². The van der Waals surface area contributed by atoms with Crippen LogP contribution in [0.2, 0.25) is 0 Å². The van der Waals surface area contributed by atoms with E-state index in [0.29, 0.717) is 12.2 Å². The number of nitrogens with one attached hydrogen (secondary N) is 2. The molecule has 2 heterocycles. The highest BCUT2D eigenvalue weighted by molar-refractivity contribution is 7.09. The van der Waals surface area contributed by atoms with E-state index in [1.54, 1.807) is 24.0 Å². The zero-order chi connectivity index (χ0) is 13.5. The standard InChI is InChI=1S/C13H16N4OS/c1-2-5-15-10-3-4-12(16-6-10)13(18)17-8-11-7-14-9-19-11/h3-4,6-7,9,15H,2,5,8H2,1H3,(H,17,18). The maximum atomic E-state index is 11.9. The molecule has 0 unspecified atom stereocenters. The molecule has 0 saturated carbocycles. The van der Waals surface area contributed by atoms with E-state index in [4.69, 9.17) is 0 Å². The minimum absolute atomic E-state index is 0.171. The first-order valence-electron chi connectivity index (χ1n) is 6.15. The lowest BCUT2D eigenvalue weighted by Gasteiger charge is -2.06. The monoisotopic (exact) mass is 276 g/mol. The number of amides is 1. The zero-order valence-electron chi connectivity index (χ0n) is 10.7. The van der Waals surface area contributed by atoms with E-state index in [2.05, 4.69) is 27.5 Å². The van der Waals surface area contributed by atoms with E-state index in [0.717, 1.165) is 23.5 Å². The first-order valence-corrected chi connectivity index (χ1v) is 7.03. The van der Waals surface area contributed by atoms with Gasteiger partial charge in [0.2, 0.25) is 0 Å². The summed E-state index contributed by atoms with van der Waals surface area (Å²) in [6, 6.07) is 3.59. The SMILES string of the molecule is CCCNc1ccc(C(=O)NCc2cncs2)nc1. The highest BCUT2D eigenvalue weighted by atomic mass is 32.1. The van der Waals surface area contributed by atoms with Gasteiger partial charge < -0.3 is 10.6 Å². The van der Waals surface area contributed by atoms with Crippen molar-refractivity contribution in [3.8, 4) is 0 Å². The summed E-state index contributed by atoms with van der Waals surface area (Å²) < 4.78 is 0. The van der Waals surface area contributed by atoms with Crippen LogP contribution in [-0.4, -0.2) is 22.4 Å². The van der Waals surface area contributed by atoms with Crippen molar-refractivity contribution >= 4 is 22.9 Å². The van der Waals surface area contributed by atoms with Gasteiger partial charge in [0.25, 0.3) is 5.91 Å². The summed E-state index contributed by atoms with van der Waals surface area (Å²) in [6.45, 7) is 3.49. The second-order valence-corrected chi connectivity index (χ2v) is 4.98. The Kier molecular flexibility index (Phi) is 4.85. The molecule has 0 atom stereocenters. The van der Waals surface area contributed by atoms with Gasteiger partial charge in [0.1, 0.15) is 5.69 Å². The first kappa shape index (κ1) is 13.5. The normalized spacial score (nSPS) is 10.2. The third-order valence-electron chi connectivity index (χ3n) is 2.48. The Morgan fingerprint density at radius 1 is 1.37 bits per heavy atom. The fraction of sp³-hybridized carbons (Fsp3) is 0.308. The molecule has 5 nitrogen and oxygen atoms in total. The quantitative estimate of drug-likeness (QED) is 0.849. The smallest absolute Gasteiger partial charge is 0.270 e. The molecule has 0 aliphatic rings. The summed E-state index contributed by atoms with van der Waals surface area (Å²) in [6.07, 6.45) is 4.48. The van der Waals surface area contributed by atoms with Gasteiger partial charge in [-0.3, -0.25) is 9.78 Å². The number of hydrogen-bond donors (Lipinski definition) is 2. The third-order valence-corrected chi connectivity index (χ3v) is 3.26. The number of rotatable bonds is 6. The van der Waals surface area contributed by atoms with Crippen molar-refractivity contribution in [2.75, 3.05) is 11.9 Å². The Morgan fingerprint density at radius 2 is 2.26 bits per heavy atom. The van der Waals surface area contributed by atoms with Gasteiger partial charge >= 0.3 is 0 Å². The average Bonchev–Trinajstić information content (AvgIpc) is 2.96. The van der Waals surface area contributed by atoms with Crippen LogP contribution in [0.25, 0.3) is 0 Å². The summed E-state index contributed by atoms with van der Waals surface area (Å²) in [5.41, 5.74) is 3.10. The Bertz CT molecular complexity index is 510. The fourth-order valence-electron chi connectivity index (χ4n) is 1.49. The molecule has 2 rings (SSSR count). The van der Waals surface area contributed by atoms with Crippen LogP contribution in [0.5, 0.6) is 0 Å². The first-order chi connectivity index (χ1) is 9.29. The number of aromatic nitrogens is 2. The van der Waals surface area contributed by atoms with Crippen molar-refractivity contribution in [3.05, 3.63) is 40.6 Å². The van der Waals surface area contributed by atoms with E-state index in [1.165, 1.54) is 11.3 Å². The summed E-state index contributed by atoms with van der Waals surface area (Å²) in [4.78, 5) is 21.0. The van der Waals surface area contributed by atoms with Crippen molar-refractivity contribution in [3.63, 3.8) is 0 Å². The number of hydrogen-bond acceptors (Lipinski definition) is 5. The molecule has 1 amide bonds. The molecule has 2 N–H and O–H groups in total. The fourth-order valence-corrected chi connectivity index (χ4v) is 2.02. The summed E-state index contributed by atoms with van der Waals surface area (Å²) in [5, 5.41) is 6.03. The van der Waals surface area contributed by atoms with Gasteiger partial charge in [-0.1, -0.05) is 6.92 Å². The van der Waals surface area contributed by atoms with Gasteiger partial charge in [-0.25, -0.2) is 4.98 Å². The molecule has 0 aliphatic carbocycles. The van der Waals surface area contributed by atoms with Crippen LogP contribution in [0.1, 0.15) is 28.7 Å². The van der Waals surface area contributed by atoms with Crippen molar-refractivity contribution in [2.24, 2.45) is 0 Å². The molecule has 0 aromatic carbocycles. The Morgan fingerprint density at radius 3 is 2.89 bits per heavy atom. The van der Waals surface area contributed by atoms with E-state index in [1.807, 2.05) is 6.07 Å². The lowest BCUT2D eigenvalue weighted by atomic mass is 10.3. The van der Waals surface area contributed by atoms with Gasteiger partial charge in [0.15, 0.2) is 0 Å². The summed E-state index contributed by atoms with van der Waals surface area (Å²) in [5.74, 6) is -0.171. The molecule has 0 fully saturated rings. The number of carbonyl (C=O) groups is 1. The number of nitrogens with zero attached hydrogens (tertiary/aromatic N) is 2. The van der Waals surface area contributed by atoms with Gasteiger partial charge in [-0.05, 0) is 18.6 Å². The van der Waals surface area contributed by atoms with Crippen molar-refractivity contribution in [2.45, 2.75) is 19.9 Å². The Labute approximate surface area is 116 Å². The van der Waals surface area contributed by atoms with E-state index in [9.17, 15) is 4.79 Å². The highest BCUT2D eigenvalue weighted by Crippen LogP contribution is 2.07. The maximum Gasteiger partial charge on any atom is 0.270 e. The van der Waals surface area contributed by atoms with E-state index >= 15 is 0 Å². The molecule has 6 heteroatoms. The van der Waals surface area contributed by atoms with Crippen molar-refractivity contribution < 1.29 is 4.79 Å². The Balaban J connectivity index is 1.88. The molecule has 2 aromatic heterocycles. The predicted octanol–water partition coefficient (Wildman–Crippen LogP) is 2.29. The molecule has 0 bridgehead atoms. The van der Waals surface area contributed by atoms with Gasteiger partial charge in [-0.15, -0.1) is 11.3 Å². The molecule has 0 saturated heterocycles. The Hall–Kier alpha value is -1.95. The van der Waals surface area contributed by atoms with Crippen LogP contribution in [0, 0.1) is 0 Å². The molecule has 0 radical (unpaired) electrons. The number of thiazole rings is 1. The molecular weight excluding hydrogens is 260 g/mol. The van der Waals surface area contributed by atoms with Gasteiger partial charge in [-0.2, -0.15) is 0 Å². The molecule has 19 heavy (non-hydrogen) atoms. The molecule has 0 spiro atoms. The van der Waals surface area contributed by atoms with Crippen molar-refractivity contribution in [1.82, 2.24) is 15.3 Å². The van der Waals surface area contributed by atoms with E-state index < -0.39 is 0 Å². The summed E-state index contributed by atoms with van der Waals surface area (Å²) >= 11 is 1.52. The van der Waals surface area contributed by atoms with Crippen LogP contribution in [0.15, 0.2) is 30.0 Å². The molecule has 100 valence electrons. The van der Waals surface area contributed by atoms with Crippen LogP contribution in [0.3, 0.4) is 0 Å². The third kappa shape index (κ3) is 4.03.